The molecule has 2 unspecified atom stereocenters. The number of aromatic nitrogens is 1. The zero-order valence-corrected chi connectivity index (χ0v) is 13.7. The van der Waals surface area contributed by atoms with Gasteiger partial charge < -0.3 is 0 Å². The maximum atomic E-state index is 5.91. The van der Waals surface area contributed by atoms with Crippen molar-refractivity contribution in [1.82, 2.24) is 10.4 Å². The van der Waals surface area contributed by atoms with E-state index < -0.39 is 0 Å². The summed E-state index contributed by atoms with van der Waals surface area (Å²) in [5.41, 5.74) is 8.10. The largest absolute Gasteiger partial charge is 0.271 e. The number of halogens is 1. The quantitative estimate of drug-likeness (QED) is 0.657. The molecule has 1 heterocycles. The summed E-state index contributed by atoms with van der Waals surface area (Å²) in [6, 6.07) is 10.7. The number of nitrogens with two attached hydrogens (primary N) is 1. The zero-order chi connectivity index (χ0) is 14.8. The minimum absolute atomic E-state index is 0.104. The van der Waals surface area contributed by atoms with E-state index in [9.17, 15) is 0 Å². The molecule has 1 aliphatic rings. The fourth-order valence-corrected chi connectivity index (χ4v) is 3.86. The maximum absolute atomic E-state index is 5.91. The molecular weight excluding hydrogens is 326 g/mol. The van der Waals surface area contributed by atoms with Gasteiger partial charge in [-0.05, 0) is 61.1 Å². The highest BCUT2D eigenvalue weighted by molar-refractivity contribution is 9.10. The Morgan fingerprint density at radius 2 is 2.24 bits per heavy atom. The van der Waals surface area contributed by atoms with Crippen LogP contribution in [0.2, 0.25) is 0 Å². The maximum Gasteiger partial charge on any atom is 0.0546 e. The molecule has 21 heavy (non-hydrogen) atoms. The summed E-state index contributed by atoms with van der Waals surface area (Å²) >= 11 is 3.53. The van der Waals surface area contributed by atoms with Gasteiger partial charge in [-0.15, -0.1) is 0 Å². The van der Waals surface area contributed by atoms with Crippen LogP contribution in [0.15, 0.2) is 41.0 Å². The molecule has 0 amide bonds. The average Bonchev–Trinajstić information content (AvgIpc) is 2.50. The molecule has 0 spiro atoms. The molecule has 1 aromatic heterocycles. The Bertz CT molecular complexity index is 642. The molecule has 0 saturated carbocycles. The van der Waals surface area contributed by atoms with Gasteiger partial charge >= 0.3 is 0 Å². The number of rotatable bonds is 3. The predicted molar refractivity (Wildman–Crippen MR) is 88.9 cm³/mol. The van der Waals surface area contributed by atoms with E-state index in [0.29, 0.717) is 5.92 Å². The van der Waals surface area contributed by atoms with E-state index in [1.807, 2.05) is 12.3 Å². The molecule has 0 fully saturated rings. The first kappa shape index (κ1) is 14.7. The van der Waals surface area contributed by atoms with Crippen LogP contribution in [0.4, 0.5) is 0 Å². The fraction of sp³-hybridized carbons (Fsp3) is 0.353. The number of nitrogens with zero attached hydrogens (tertiary/aromatic N) is 1. The Hall–Kier alpha value is -1.23. The van der Waals surface area contributed by atoms with E-state index in [1.54, 1.807) is 0 Å². The molecule has 2 aromatic rings. The summed E-state index contributed by atoms with van der Waals surface area (Å²) in [6.45, 7) is 2.13. The Balaban J connectivity index is 2.01. The normalized spacial score (nSPS) is 19.1. The summed E-state index contributed by atoms with van der Waals surface area (Å²) < 4.78 is 1.10. The molecular formula is C17H20BrN3. The SMILES string of the molecule is Cc1cc(Br)ccc1C(NN)C1CCCc2cccnc21. The van der Waals surface area contributed by atoms with Gasteiger partial charge in [-0.25, -0.2) is 0 Å². The minimum atomic E-state index is 0.104. The van der Waals surface area contributed by atoms with Crippen LogP contribution in [-0.4, -0.2) is 4.98 Å². The van der Waals surface area contributed by atoms with E-state index in [2.05, 4.69) is 57.5 Å². The fourth-order valence-electron chi connectivity index (χ4n) is 3.38. The van der Waals surface area contributed by atoms with Crippen molar-refractivity contribution >= 4 is 15.9 Å². The van der Waals surface area contributed by atoms with Crippen LogP contribution in [0.1, 0.15) is 47.2 Å². The first-order valence-corrected chi connectivity index (χ1v) is 8.16. The van der Waals surface area contributed by atoms with Crippen molar-refractivity contribution in [3.05, 3.63) is 63.4 Å². The van der Waals surface area contributed by atoms with Crippen LogP contribution < -0.4 is 11.3 Å². The highest BCUT2D eigenvalue weighted by Gasteiger charge is 2.30. The number of benzene rings is 1. The number of hydrogen-bond acceptors (Lipinski definition) is 3. The van der Waals surface area contributed by atoms with Crippen LogP contribution in [0.25, 0.3) is 0 Å². The van der Waals surface area contributed by atoms with E-state index in [4.69, 9.17) is 5.84 Å². The summed E-state index contributed by atoms with van der Waals surface area (Å²) in [7, 11) is 0. The first-order chi connectivity index (χ1) is 10.2. The Morgan fingerprint density at radius 1 is 1.38 bits per heavy atom. The van der Waals surface area contributed by atoms with Crippen LogP contribution in [0.5, 0.6) is 0 Å². The van der Waals surface area contributed by atoms with Crippen molar-refractivity contribution in [3.8, 4) is 0 Å². The second kappa shape index (κ2) is 6.26. The first-order valence-electron chi connectivity index (χ1n) is 7.36. The van der Waals surface area contributed by atoms with Gasteiger partial charge in [-0.3, -0.25) is 16.3 Å². The summed E-state index contributed by atoms with van der Waals surface area (Å²) in [5, 5.41) is 0. The van der Waals surface area contributed by atoms with Gasteiger partial charge in [0.15, 0.2) is 0 Å². The van der Waals surface area contributed by atoms with Gasteiger partial charge in [-0.2, -0.15) is 0 Å². The second-order valence-electron chi connectivity index (χ2n) is 5.69. The van der Waals surface area contributed by atoms with Crippen LogP contribution in [0, 0.1) is 6.92 Å². The molecule has 0 saturated heterocycles. The van der Waals surface area contributed by atoms with Crippen LogP contribution >= 0.6 is 15.9 Å². The van der Waals surface area contributed by atoms with Crippen LogP contribution in [0.3, 0.4) is 0 Å². The molecule has 1 aliphatic carbocycles. The molecule has 110 valence electrons. The number of hydrazine groups is 1. The molecule has 3 nitrogen and oxygen atoms in total. The van der Waals surface area contributed by atoms with Crippen molar-refractivity contribution in [2.45, 2.75) is 38.1 Å². The lowest BCUT2D eigenvalue weighted by atomic mass is 9.79. The molecule has 3 rings (SSSR count). The monoisotopic (exact) mass is 345 g/mol. The van der Waals surface area contributed by atoms with Crippen molar-refractivity contribution < 1.29 is 0 Å². The van der Waals surface area contributed by atoms with E-state index in [1.165, 1.54) is 28.8 Å². The van der Waals surface area contributed by atoms with Gasteiger partial charge in [0, 0.05) is 22.3 Å². The number of aryl methyl sites for hydroxylation is 2. The standard InChI is InChI=1S/C17H20BrN3/c1-11-10-13(18)7-8-14(11)17(21-19)15-6-2-4-12-5-3-9-20-16(12)15/h3,5,7-10,15,17,21H,2,4,6,19H2,1H3. The van der Waals surface area contributed by atoms with Crippen molar-refractivity contribution in [2.24, 2.45) is 5.84 Å². The highest BCUT2D eigenvalue weighted by atomic mass is 79.9. The molecule has 1 aromatic carbocycles. The molecule has 0 radical (unpaired) electrons. The lowest BCUT2D eigenvalue weighted by Crippen LogP contribution is -2.35. The molecule has 3 N–H and O–H groups in total. The Kier molecular flexibility index (Phi) is 4.38. The lowest BCUT2D eigenvalue weighted by Gasteiger charge is -2.32. The topological polar surface area (TPSA) is 50.9 Å². The molecule has 0 aliphatic heterocycles. The zero-order valence-electron chi connectivity index (χ0n) is 12.1. The number of nitrogens with one attached hydrogen (secondary N) is 1. The average molecular weight is 346 g/mol. The third-order valence-electron chi connectivity index (χ3n) is 4.39. The van der Waals surface area contributed by atoms with Gasteiger partial charge in [0.1, 0.15) is 0 Å². The van der Waals surface area contributed by atoms with E-state index >= 15 is 0 Å². The van der Waals surface area contributed by atoms with Gasteiger partial charge in [0.2, 0.25) is 0 Å². The second-order valence-corrected chi connectivity index (χ2v) is 6.61. The van der Waals surface area contributed by atoms with E-state index in [-0.39, 0.29) is 6.04 Å². The Labute approximate surface area is 134 Å². The minimum Gasteiger partial charge on any atom is -0.271 e. The van der Waals surface area contributed by atoms with Gasteiger partial charge in [0.05, 0.1) is 6.04 Å². The lowest BCUT2D eigenvalue weighted by molar-refractivity contribution is 0.398. The molecule has 2 atom stereocenters. The highest BCUT2D eigenvalue weighted by Crippen LogP contribution is 2.39. The van der Waals surface area contributed by atoms with Crippen molar-refractivity contribution in [1.29, 1.82) is 0 Å². The smallest absolute Gasteiger partial charge is 0.0546 e. The van der Waals surface area contributed by atoms with E-state index in [0.717, 1.165) is 17.3 Å². The summed E-state index contributed by atoms with van der Waals surface area (Å²) in [5.74, 6) is 6.24. The van der Waals surface area contributed by atoms with Gasteiger partial charge in [-0.1, -0.05) is 28.1 Å². The number of pyridine rings is 1. The number of hydrogen-bond donors (Lipinski definition) is 2. The summed E-state index contributed by atoms with van der Waals surface area (Å²) in [6.07, 6.45) is 5.32. The third kappa shape index (κ3) is 2.89. The third-order valence-corrected chi connectivity index (χ3v) is 4.88. The van der Waals surface area contributed by atoms with Gasteiger partial charge in [0.25, 0.3) is 0 Å². The Morgan fingerprint density at radius 3 is 3.00 bits per heavy atom. The van der Waals surface area contributed by atoms with Crippen LogP contribution in [-0.2, 0) is 6.42 Å². The molecule has 0 bridgehead atoms. The summed E-state index contributed by atoms with van der Waals surface area (Å²) in [4.78, 5) is 4.64. The number of fused-ring (bicyclic) bond motifs is 1. The van der Waals surface area contributed by atoms with Crippen molar-refractivity contribution in [2.75, 3.05) is 0 Å². The van der Waals surface area contributed by atoms with Crippen molar-refractivity contribution in [3.63, 3.8) is 0 Å². The predicted octanol–water partition coefficient (Wildman–Crippen LogP) is 3.78. The molecule has 4 heteroatoms.